The molecule has 0 spiro atoms. The standard InChI is InChI=1S/C16H16N4O/c17-15-13-14(11-7-4-8-12(11)18-15)20(16(21)19-13)9-10-5-2-1-3-6-10/h1-3,5-6H,4,7-9H2,(H2,17,18)(H,19,21). The molecule has 4 rings (SSSR count). The molecule has 2 aromatic heterocycles. The Morgan fingerprint density at radius 1 is 1.24 bits per heavy atom. The molecule has 0 saturated carbocycles. The number of imidazole rings is 1. The molecule has 1 aliphatic rings. The van der Waals surface area contributed by atoms with Crippen LogP contribution in [0.5, 0.6) is 0 Å². The first-order chi connectivity index (χ1) is 10.2. The number of benzene rings is 1. The van der Waals surface area contributed by atoms with Crippen molar-refractivity contribution in [1.29, 1.82) is 0 Å². The molecule has 3 aromatic rings. The first-order valence-electron chi connectivity index (χ1n) is 7.17. The van der Waals surface area contributed by atoms with Crippen LogP contribution in [-0.2, 0) is 19.4 Å². The topological polar surface area (TPSA) is 76.7 Å². The first-order valence-corrected chi connectivity index (χ1v) is 7.17. The van der Waals surface area contributed by atoms with Gasteiger partial charge in [0.1, 0.15) is 11.3 Å². The molecule has 3 N–H and O–H groups in total. The SMILES string of the molecule is Nc1nc2c(c3c1[nH]c(=O)n3Cc1ccccc1)CCC2. The second kappa shape index (κ2) is 4.48. The van der Waals surface area contributed by atoms with Crippen LogP contribution in [-0.4, -0.2) is 14.5 Å². The van der Waals surface area contributed by atoms with Crippen molar-refractivity contribution in [1.82, 2.24) is 14.5 Å². The van der Waals surface area contributed by atoms with E-state index in [-0.39, 0.29) is 5.69 Å². The maximum Gasteiger partial charge on any atom is 0.326 e. The van der Waals surface area contributed by atoms with E-state index in [4.69, 9.17) is 5.73 Å². The number of aromatic nitrogens is 3. The van der Waals surface area contributed by atoms with E-state index >= 15 is 0 Å². The van der Waals surface area contributed by atoms with Gasteiger partial charge in [-0.3, -0.25) is 4.57 Å². The molecule has 0 amide bonds. The minimum Gasteiger partial charge on any atom is -0.382 e. The third-order valence-corrected chi connectivity index (χ3v) is 4.15. The summed E-state index contributed by atoms with van der Waals surface area (Å²) in [6.07, 6.45) is 2.98. The smallest absolute Gasteiger partial charge is 0.326 e. The van der Waals surface area contributed by atoms with Crippen molar-refractivity contribution in [2.24, 2.45) is 0 Å². The number of aryl methyl sites for hydroxylation is 2. The molecular weight excluding hydrogens is 264 g/mol. The lowest BCUT2D eigenvalue weighted by Crippen LogP contribution is -2.17. The maximum atomic E-state index is 12.3. The average Bonchev–Trinajstić information content (AvgIpc) is 3.06. The summed E-state index contributed by atoms with van der Waals surface area (Å²) in [7, 11) is 0. The second-order valence-corrected chi connectivity index (χ2v) is 5.50. The number of nitrogen functional groups attached to an aromatic ring is 1. The summed E-state index contributed by atoms with van der Waals surface area (Å²) in [5, 5.41) is 0. The van der Waals surface area contributed by atoms with Crippen LogP contribution in [0.2, 0.25) is 0 Å². The first kappa shape index (κ1) is 12.2. The molecule has 0 bridgehead atoms. The van der Waals surface area contributed by atoms with E-state index in [0.717, 1.165) is 36.0 Å². The predicted octanol–water partition coefficient (Wildman–Crippen LogP) is 1.84. The van der Waals surface area contributed by atoms with Crippen molar-refractivity contribution in [3.8, 4) is 0 Å². The zero-order valence-electron chi connectivity index (χ0n) is 11.6. The van der Waals surface area contributed by atoms with Crippen LogP contribution in [0, 0.1) is 0 Å². The highest BCUT2D eigenvalue weighted by molar-refractivity contribution is 5.88. The third-order valence-electron chi connectivity index (χ3n) is 4.15. The van der Waals surface area contributed by atoms with Gasteiger partial charge in [-0.05, 0) is 30.4 Å². The Balaban J connectivity index is 1.97. The van der Waals surface area contributed by atoms with Crippen molar-refractivity contribution in [2.45, 2.75) is 25.8 Å². The highest BCUT2D eigenvalue weighted by Gasteiger charge is 2.22. The van der Waals surface area contributed by atoms with Crippen LogP contribution in [0.3, 0.4) is 0 Å². The van der Waals surface area contributed by atoms with E-state index in [0.29, 0.717) is 17.9 Å². The fourth-order valence-electron chi connectivity index (χ4n) is 3.19. The van der Waals surface area contributed by atoms with Gasteiger partial charge >= 0.3 is 5.69 Å². The molecular formula is C16H16N4O. The molecule has 0 radical (unpaired) electrons. The summed E-state index contributed by atoms with van der Waals surface area (Å²) in [6.45, 7) is 0.551. The Labute approximate surface area is 121 Å². The van der Waals surface area contributed by atoms with Gasteiger partial charge in [-0.25, -0.2) is 9.78 Å². The van der Waals surface area contributed by atoms with Crippen LogP contribution in [0.4, 0.5) is 5.82 Å². The largest absolute Gasteiger partial charge is 0.382 e. The van der Waals surface area contributed by atoms with Gasteiger partial charge in [0.15, 0.2) is 0 Å². The van der Waals surface area contributed by atoms with Crippen LogP contribution in [0.15, 0.2) is 35.1 Å². The van der Waals surface area contributed by atoms with Gasteiger partial charge in [0.2, 0.25) is 0 Å². The van der Waals surface area contributed by atoms with Gasteiger partial charge in [-0.15, -0.1) is 0 Å². The molecule has 0 aliphatic heterocycles. The van der Waals surface area contributed by atoms with Gasteiger partial charge in [-0.2, -0.15) is 0 Å². The Bertz CT molecular complexity index is 877. The number of H-pyrrole nitrogens is 1. The molecule has 1 aromatic carbocycles. The number of rotatable bonds is 2. The summed E-state index contributed by atoms with van der Waals surface area (Å²) in [5.41, 5.74) is 10.8. The monoisotopic (exact) mass is 280 g/mol. The van der Waals surface area contributed by atoms with Crippen molar-refractivity contribution in [3.63, 3.8) is 0 Å². The number of pyridine rings is 1. The number of nitrogens with one attached hydrogen (secondary N) is 1. The maximum absolute atomic E-state index is 12.3. The fraction of sp³-hybridized carbons (Fsp3) is 0.250. The molecule has 2 heterocycles. The number of fused-ring (bicyclic) bond motifs is 3. The van der Waals surface area contributed by atoms with Crippen LogP contribution in [0.1, 0.15) is 23.2 Å². The Kier molecular flexibility index (Phi) is 2.60. The van der Waals surface area contributed by atoms with Crippen LogP contribution >= 0.6 is 0 Å². The summed E-state index contributed by atoms with van der Waals surface area (Å²) in [5.74, 6) is 0.426. The minimum atomic E-state index is -0.123. The zero-order chi connectivity index (χ0) is 14.4. The quantitative estimate of drug-likeness (QED) is 0.752. The molecule has 21 heavy (non-hydrogen) atoms. The molecule has 0 atom stereocenters. The van der Waals surface area contributed by atoms with Gasteiger partial charge in [-0.1, -0.05) is 30.3 Å². The number of nitrogens with two attached hydrogens (primary N) is 1. The van der Waals surface area contributed by atoms with Gasteiger partial charge < -0.3 is 10.7 Å². The number of aromatic amines is 1. The lowest BCUT2D eigenvalue weighted by atomic mass is 10.1. The van der Waals surface area contributed by atoms with Crippen LogP contribution < -0.4 is 11.4 Å². The number of hydrogen-bond acceptors (Lipinski definition) is 3. The second-order valence-electron chi connectivity index (χ2n) is 5.50. The molecule has 0 saturated heterocycles. The highest BCUT2D eigenvalue weighted by Crippen LogP contribution is 2.30. The number of anilines is 1. The van der Waals surface area contributed by atoms with E-state index in [1.807, 2.05) is 30.3 Å². The third kappa shape index (κ3) is 1.85. The Morgan fingerprint density at radius 2 is 2.05 bits per heavy atom. The molecule has 5 nitrogen and oxygen atoms in total. The minimum absolute atomic E-state index is 0.123. The molecule has 0 fully saturated rings. The molecule has 5 heteroatoms. The van der Waals surface area contributed by atoms with E-state index < -0.39 is 0 Å². The predicted molar refractivity (Wildman–Crippen MR) is 82.3 cm³/mol. The van der Waals surface area contributed by atoms with Crippen molar-refractivity contribution >= 4 is 16.9 Å². The summed E-state index contributed by atoms with van der Waals surface area (Å²) in [4.78, 5) is 19.6. The average molecular weight is 280 g/mol. The lowest BCUT2D eigenvalue weighted by molar-refractivity contribution is 0.782. The van der Waals surface area contributed by atoms with E-state index in [1.54, 1.807) is 4.57 Å². The van der Waals surface area contributed by atoms with E-state index in [9.17, 15) is 4.79 Å². The van der Waals surface area contributed by atoms with E-state index in [1.165, 1.54) is 5.56 Å². The summed E-state index contributed by atoms with van der Waals surface area (Å²) >= 11 is 0. The number of hydrogen-bond donors (Lipinski definition) is 2. The van der Waals surface area contributed by atoms with Crippen molar-refractivity contribution in [2.75, 3.05) is 5.73 Å². The fourth-order valence-corrected chi connectivity index (χ4v) is 3.19. The van der Waals surface area contributed by atoms with Gasteiger partial charge in [0, 0.05) is 5.69 Å². The Hall–Kier alpha value is -2.56. The van der Waals surface area contributed by atoms with E-state index in [2.05, 4.69) is 9.97 Å². The van der Waals surface area contributed by atoms with Gasteiger partial charge in [0.05, 0.1) is 12.1 Å². The van der Waals surface area contributed by atoms with Crippen molar-refractivity contribution in [3.05, 3.63) is 57.6 Å². The molecule has 0 unspecified atom stereocenters. The van der Waals surface area contributed by atoms with Crippen LogP contribution in [0.25, 0.3) is 11.0 Å². The van der Waals surface area contributed by atoms with Crippen molar-refractivity contribution < 1.29 is 0 Å². The molecule has 106 valence electrons. The Morgan fingerprint density at radius 3 is 2.86 bits per heavy atom. The molecule has 1 aliphatic carbocycles. The lowest BCUT2D eigenvalue weighted by Gasteiger charge is -2.08. The number of nitrogens with zero attached hydrogens (tertiary/aromatic N) is 2. The highest BCUT2D eigenvalue weighted by atomic mass is 16.1. The zero-order valence-corrected chi connectivity index (χ0v) is 11.6. The summed E-state index contributed by atoms with van der Waals surface area (Å²) in [6, 6.07) is 9.98. The summed E-state index contributed by atoms with van der Waals surface area (Å²) < 4.78 is 1.78. The normalized spacial score (nSPS) is 13.7. The van der Waals surface area contributed by atoms with Gasteiger partial charge in [0.25, 0.3) is 0 Å².